The van der Waals surface area contributed by atoms with E-state index in [-0.39, 0.29) is 5.91 Å². The minimum atomic E-state index is 0.142. The Labute approximate surface area is 206 Å². The Hall–Kier alpha value is -2.09. The summed E-state index contributed by atoms with van der Waals surface area (Å²) in [6.45, 7) is 12.4. The van der Waals surface area contributed by atoms with E-state index in [2.05, 4.69) is 49.9 Å². The van der Waals surface area contributed by atoms with E-state index in [9.17, 15) is 4.79 Å². The van der Waals surface area contributed by atoms with E-state index in [4.69, 9.17) is 9.72 Å². The average molecular weight is 486 g/mol. The molecule has 1 amide bonds. The van der Waals surface area contributed by atoms with Gasteiger partial charge in [0.2, 0.25) is 5.91 Å². The largest absolute Gasteiger partial charge is 0.492 e. The topological polar surface area (TPSA) is 45.7 Å². The quantitative estimate of drug-likeness (QED) is 0.211. The Morgan fingerprint density at radius 3 is 2.52 bits per heavy atom. The van der Waals surface area contributed by atoms with Crippen LogP contribution in [0.5, 0.6) is 5.75 Å². The molecular formula is C26H35N3O2S2. The molecule has 0 saturated heterocycles. The van der Waals surface area contributed by atoms with Crippen LogP contribution < -0.4 is 9.64 Å². The van der Waals surface area contributed by atoms with Crippen LogP contribution in [0.15, 0.2) is 47.4 Å². The molecule has 0 spiro atoms. The maximum atomic E-state index is 13.3. The molecule has 1 aromatic heterocycles. The number of fused-ring (bicyclic) bond motifs is 1. The monoisotopic (exact) mass is 485 g/mol. The van der Waals surface area contributed by atoms with Gasteiger partial charge in [0, 0.05) is 24.4 Å². The van der Waals surface area contributed by atoms with Gasteiger partial charge in [-0.05, 0) is 63.4 Å². The number of carbonyl (C=O) groups is 1. The van der Waals surface area contributed by atoms with Crippen molar-refractivity contribution in [2.75, 3.05) is 43.4 Å². The van der Waals surface area contributed by atoms with E-state index in [0.717, 1.165) is 52.9 Å². The second-order valence-electron chi connectivity index (χ2n) is 7.87. The van der Waals surface area contributed by atoms with Crippen LogP contribution in [0.4, 0.5) is 5.13 Å². The Bertz CT molecular complexity index is 1020. The molecule has 7 heteroatoms. The van der Waals surface area contributed by atoms with Crippen LogP contribution in [0.25, 0.3) is 10.2 Å². The van der Waals surface area contributed by atoms with Crippen molar-refractivity contribution in [2.45, 2.75) is 45.4 Å². The highest BCUT2D eigenvalue weighted by atomic mass is 32.2. The van der Waals surface area contributed by atoms with Gasteiger partial charge in [-0.3, -0.25) is 9.69 Å². The summed E-state index contributed by atoms with van der Waals surface area (Å²) in [7, 11) is 0. The summed E-state index contributed by atoms with van der Waals surface area (Å²) < 4.78 is 6.81. The zero-order valence-electron chi connectivity index (χ0n) is 20.2. The van der Waals surface area contributed by atoms with Crippen molar-refractivity contribution in [3.8, 4) is 5.75 Å². The molecule has 0 saturated carbocycles. The summed E-state index contributed by atoms with van der Waals surface area (Å²) in [6, 6.07) is 14.5. The van der Waals surface area contributed by atoms with E-state index >= 15 is 0 Å². The van der Waals surface area contributed by atoms with Gasteiger partial charge in [-0.1, -0.05) is 48.9 Å². The van der Waals surface area contributed by atoms with E-state index in [1.165, 1.54) is 10.5 Å². The van der Waals surface area contributed by atoms with Gasteiger partial charge in [0.05, 0.1) is 11.3 Å². The van der Waals surface area contributed by atoms with Crippen molar-refractivity contribution in [1.82, 2.24) is 9.88 Å². The number of aromatic nitrogens is 1. The minimum absolute atomic E-state index is 0.142. The predicted molar refractivity (Wildman–Crippen MR) is 142 cm³/mol. The lowest BCUT2D eigenvalue weighted by Gasteiger charge is -2.24. The molecule has 0 aliphatic rings. The fourth-order valence-electron chi connectivity index (χ4n) is 3.59. The third-order valence-electron chi connectivity index (χ3n) is 5.56. The number of anilines is 1. The Morgan fingerprint density at radius 2 is 1.82 bits per heavy atom. The number of likely N-dealkylation sites (N-methyl/N-ethyl adjacent to an activating group) is 1. The number of nitrogens with zero attached hydrogens (tertiary/aromatic N) is 3. The normalized spacial score (nSPS) is 11.3. The van der Waals surface area contributed by atoms with Crippen molar-refractivity contribution in [1.29, 1.82) is 0 Å². The lowest BCUT2D eigenvalue weighted by atomic mass is 10.2. The number of ether oxygens (including phenoxy) is 1. The second-order valence-corrected chi connectivity index (χ2v) is 10.0. The van der Waals surface area contributed by atoms with Gasteiger partial charge in [-0.15, -0.1) is 11.8 Å². The van der Waals surface area contributed by atoms with Crippen molar-refractivity contribution < 1.29 is 9.53 Å². The third-order valence-corrected chi connectivity index (χ3v) is 7.70. The fraction of sp³-hybridized carbons (Fsp3) is 0.462. The van der Waals surface area contributed by atoms with Gasteiger partial charge in [-0.25, -0.2) is 4.98 Å². The Balaban J connectivity index is 1.70. The molecule has 0 aliphatic heterocycles. The van der Waals surface area contributed by atoms with E-state index in [0.29, 0.717) is 19.6 Å². The van der Waals surface area contributed by atoms with Gasteiger partial charge < -0.3 is 9.64 Å². The zero-order chi connectivity index (χ0) is 23.6. The van der Waals surface area contributed by atoms with Gasteiger partial charge in [0.1, 0.15) is 11.3 Å². The Kier molecular flexibility index (Phi) is 10.0. The van der Waals surface area contributed by atoms with Crippen LogP contribution in [0.3, 0.4) is 0 Å². The number of hydrogen-bond acceptors (Lipinski definition) is 6. The molecule has 0 fully saturated rings. The maximum absolute atomic E-state index is 13.3. The number of thioether (sulfide) groups is 1. The molecule has 0 aliphatic carbocycles. The molecule has 5 nitrogen and oxygen atoms in total. The first-order valence-electron chi connectivity index (χ1n) is 11.8. The SMILES string of the molecule is CCOc1cccc2sc(N(CCN(CC)CC)C(=O)CCCSc3ccc(C)cc3)nc12. The maximum Gasteiger partial charge on any atom is 0.228 e. The van der Waals surface area contributed by atoms with Crippen molar-refractivity contribution in [2.24, 2.45) is 0 Å². The molecule has 0 unspecified atom stereocenters. The summed E-state index contributed by atoms with van der Waals surface area (Å²) in [5.74, 6) is 1.85. The number of thiazole rings is 1. The molecule has 33 heavy (non-hydrogen) atoms. The van der Waals surface area contributed by atoms with E-state index in [1.807, 2.05) is 30.0 Å². The van der Waals surface area contributed by atoms with Crippen LogP contribution >= 0.6 is 23.1 Å². The molecule has 2 aromatic carbocycles. The molecule has 3 aromatic rings. The lowest BCUT2D eigenvalue weighted by molar-refractivity contribution is -0.118. The summed E-state index contributed by atoms with van der Waals surface area (Å²) in [5, 5.41) is 0.764. The average Bonchev–Trinajstić information content (AvgIpc) is 3.26. The first kappa shape index (κ1) is 25.5. The molecule has 178 valence electrons. The molecule has 3 rings (SSSR count). The molecule has 0 N–H and O–H groups in total. The second kappa shape index (κ2) is 13.0. The number of aryl methyl sites for hydroxylation is 1. The highest BCUT2D eigenvalue weighted by molar-refractivity contribution is 7.99. The predicted octanol–water partition coefficient (Wildman–Crippen LogP) is 6.25. The van der Waals surface area contributed by atoms with Crippen molar-refractivity contribution in [3.63, 3.8) is 0 Å². The lowest BCUT2D eigenvalue weighted by Crippen LogP contribution is -2.38. The molecule has 0 atom stereocenters. The van der Waals surface area contributed by atoms with Crippen LogP contribution in [0.1, 0.15) is 39.2 Å². The number of rotatable bonds is 13. The standard InChI is InChI=1S/C26H35N3O2S2/c1-5-28(6-2)17-18-29(24(30)12-9-19-32-21-15-13-20(4)14-16-21)26-27-25-22(31-7-3)10-8-11-23(25)33-26/h8,10-11,13-16H,5-7,9,12,17-19H2,1-4H3. The van der Waals surface area contributed by atoms with Crippen molar-refractivity contribution >= 4 is 44.4 Å². The van der Waals surface area contributed by atoms with E-state index in [1.54, 1.807) is 23.1 Å². The summed E-state index contributed by atoms with van der Waals surface area (Å²) in [5.41, 5.74) is 2.11. The number of hydrogen-bond donors (Lipinski definition) is 0. The number of benzene rings is 2. The molecule has 0 bridgehead atoms. The van der Waals surface area contributed by atoms with Crippen LogP contribution in [0, 0.1) is 6.92 Å². The van der Waals surface area contributed by atoms with Gasteiger partial charge in [0.15, 0.2) is 5.13 Å². The fourth-order valence-corrected chi connectivity index (χ4v) is 5.47. The zero-order valence-corrected chi connectivity index (χ0v) is 21.8. The number of amides is 1. The molecule has 1 heterocycles. The van der Waals surface area contributed by atoms with Gasteiger partial charge >= 0.3 is 0 Å². The molecule has 0 radical (unpaired) electrons. The summed E-state index contributed by atoms with van der Waals surface area (Å²) >= 11 is 3.38. The van der Waals surface area contributed by atoms with Crippen LogP contribution in [0.2, 0.25) is 0 Å². The Morgan fingerprint density at radius 1 is 1.06 bits per heavy atom. The highest BCUT2D eigenvalue weighted by Crippen LogP contribution is 2.34. The van der Waals surface area contributed by atoms with E-state index < -0.39 is 0 Å². The number of para-hydroxylation sites is 1. The first-order valence-corrected chi connectivity index (χ1v) is 13.6. The summed E-state index contributed by atoms with van der Waals surface area (Å²) in [6.07, 6.45) is 1.36. The minimum Gasteiger partial charge on any atom is -0.492 e. The smallest absolute Gasteiger partial charge is 0.228 e. The van der Waals surface area contributed by atoms with Crippen molar-refractivity contribution in [3.05, 3.63) is 48.0 Å². The third kappa shape index (κ3) is 7.19. The van der Waals surface area contributed by atoms with Gasteiger partial charge in [0.25, 0.3) is 0 Å². The first-order chi connectivity index (χ1) is 16.0. The molecular weight excluding hydrogens is 450 g/mol. The summed E-state index contributed by atoms with van der Waals surface area (Å²) in [4.78, 5) is 23.6. The van der Waals surface area contributed by atoms with Gasteiger partial charge in [-0.2, -0.15) is 0 Å². The highest BCUT2D eigenvalue weighted by Gasteiger charge is 2.21. The van der Waals surface area contributed by atoms with Crippen LogP contribution in [-0.2, 0) is 4.79 Å². The van der Waals surface area contributed by atoms with Crippen LogP contribution in [-0.4, -0.2) is 54.3 Å². The number of carbonyl (C=O) groups excluding carboxylic acids is 1.